The minimum atomic E-state index is -1.15. The molecule has 0 amide bonds. The Balaban J connectivity index is 3.44. The van der Waals surface area contributed by atoms with E-state index in [-0.39, 0.29) is 16.4 Å². The van der Waals surface area contributed by atoms with Gasteiger partial charge in [-0.3, -0.25) is 0 Å². The van der Waals surface area contributed by atoms with Gasteiger partial charge in [0.25, 0.3) is 0 Å². The molecular formula is C13H16F3N. The summed E-state index contributed by atoms with van der Waals surface area (Å²) in [6, 6.07) is 1.36. The van der Waals surface area contributed by atoms with Crippen LogP contribution in [0.2, 0.25) is 0 Å². The quantitative estimate of drug-likeness (QED) is 0.714. The summed E-state index contributed by atoms with van der Waals surface area (Å²) in [5.41, 5.74) is 0.459. The van der Waals surface area contributed by atoms with Gasteiger partial charge in [0.05, 0.1) is 0 Å². The standard InChI is InChI=1S/C13H16F3N/c1-4-6-9-8-11(17(3)16)13(15)12(14)10(9)7-5-2/h5,7-8H,4,6H2,1-3H3. The fourth-order valence-corrected chi connectivity index (χ4v) is 1.73. The third-order valence-electron chi connectivity index (χ3n) is 2.50. The number of allylic oxidation sites excluding steroid dienone is 1. The summed E-state index contributed by atoms with van der Waals surface area (Å²) in [5, 5.41) is 0.0943. The Labute approximate surface area is 99.5 Å². The van der Waals surface area contributed by atoms with Gasteiger partial charge in [0.15, 0.2) is 11.6 Å². The van der Waals surface area contributed by atoms with Crippen molar-refractivity contribution in [1.29, 1.82) is 0 Å². The summed E-state index contributed by atoms with van der Waals surface area (Å²) >= 11 is 0. The molecule has 0 aliphatic carbocycles. The lowest BCUT2D eigenvalue weighted by Crippen LogP contribution is -2.09. The van der Waals surface area contributed by atoms with Gasteiger partial charge in [-0.15, -0.1) is 4.48 Å². The maximum absolute atomic E-state index is 13.8. The summed E-state index contributed by atoms with van der Waals surface area (Å²) in [5.74, 6) is -2.14. The maximum atomic E-state index is 13.8. The van der Waals surface area contributed by atoms with E-state index in [9.17, 15) is 13.3 Å². The summed E-state index contributed by atoms with van der Waals surface area (Å²) in [7, 11) is 1.04. The van der Waals surface area contributed by atoms with Crippen LogP contribution in [0.3, 0.4) is 0 Å². The molecule has 0 fully saturated rings. The van der Waals surface area contributed by atoms with E-state index >= 15 is 0 Å². The lowest BCUT2D eigenvalue weighted by Gasteiger charge is -2.14. The number of nitrogens with zero attached hydrogens (tertiary/aromatic N) is 1. The molecular weight excluding hydrogens is 227 g/mol. The van der Waals surface area contributed by atoms with Gasteiger partial charge in [0, 0.05) is 12.6 Å². The van der Waals surface area contributed by atoms with Crippen LogP contribution in [0.5, 0.6) is 0 Å². The third kappa shape index (κ3) is 2.81. The van der Waals surface area contributed by atoms with Crippen LogP contribution in [-0.2, 0) is 6.42 Å². The van der Waals surface area contributed by atoms with Crippen LogP contribution in [0.15, 0.2) is 12.1 Å². The molecule has 94 valence electrons. The highest BCUT2D eigenvalue weighted by atomic mass is 19.2. The molecule has 0 radical (unpaired) electrons. The Kier molecular flexibility index (Phi) is 4.61. The van der Waals surface area contributed by atoms with Crippen LogP contribution < -0.4 is 5.12 Å². The van der Waals surface area contributed by atoms with E-state index in [1.54, 1.807) is 13.0 Å². The maximum Gasteiger partial charge on any atom is 0.185 e. The molecule has 0 spiro atoms. The van der Waals surface area contributed by atoms with Gasteiger partial charge in [-0.1, -0.05) is 25.5 Å². The van der Waals surface area contributed by atoms with Crippen molar-refractivity contribution in [3.8, 4) is 0 Å². The lowest BCUT2D eigenvalue weighted by molar-refractivity contribution is 0.445. The van der Waals surface area contributed by atoms with Crippen molar-refractivity contribution in [3.63, 3.8) is 0 Å². The van der Waals surface area contributed by atoms with Crippen LogP contribution in [0.4, 0.5) is 18.9 Å². The fourth-order valence-electron chi connectivity index (χ4n) is 1.73. The zero-order chi connectivity index (χ0) is 13.0. The fraction of sp³-hybridized carbons (Fsp3) is 0.385. The zero-order valence-electron chi connectivity index (χ0n) is 10.2. The topological polar surface area (TPSA) is 3.24 Å². The Morgan fingerprint density at radius 3 is 2.41 bits per heavy atom. The summed E-state index contributed by atoms with van der Waals surface area (Å²) in [4.78, 5) is 0. The number of aryl methyl sites for hydroxylation is 1. The molecule has 0 N–H and O–H groups in total. The number of rotatable bonds is 4. The first-order chi connectivity index (χ1) is 8.02. The van der Waals surface area contributed by atoms with Gasteiger partial charge >= 0.3 is 0 Å². The van der Waals surface area contributed by atoms with E-state index in [0.717, 1.165) is 13.5 Å². The predicted octanol–water partition coefficient (Wildman–Crippen LogP) is 4.27. The van der Waals surface area contributed by atoms with E-state index < -0.39 is 11.6 Å². The molecule has 0 aromatic heterocycles. The average molecular weight is 243 g/mol. The van der Waals surface area contributed by atoms with Crippen LogP contribution in [0.25, 0.3) is 6.08 Å². The summed E-state index contributed by atoms with van der Waals surface area (Å²) in [6.45, 7) is 3.65. The highest BCUT2D eigenvalue weighted by molar-refractivity contribution is 5.61. The van der Waals surface area contributed by atoms with Crippen LogP contribution in [0, 0.1) is 11.6 Å². The SMILES string of the molecule is CC=Cc1c(CCC)cc(N(C)F)c(F)c1F. The van der Waals surface area contributed by atoms with E-state index in [1.165, 1.54) is 12.1 Å². The van der Waals surface area contributed by atoms with Crippen LogP contribution >= 0.6 is 0 Å². The summed E-state index contributed by atoms with van der Waals surface area (Å²) in [6.07, 6.45) is 4.50. The molecule has 0 aliphatic heterocycles. The molecule has 1 aromatic carbocycles. The highest BCUT2D eigenvalue weighted by Gasteiger charge is 2.18. The van der Waals surface area contributed by atoms with E-state index in [2.05, 4.69) is 0 Å². The monoisotopic (exact) mass is 243 g/mol. The van der Waals surface area contributed by atoms with E-state index in [1.807, 2.05) is 6.92 Å². The Hall–Kier alpha value is -1.45. The first kappa shape index (κ1) is 13.6. The van der Waals surface area contributed by atoms with Gasteiger partial charge in [-0.25, -0.2) is 13.9 Å². The molecule has 4 heteroatoms. The first-order valence-corrected chi connectivity index (χ1v) is 5.56. The minimum absolute atomic E-state index is 0.0943. The number of hydrogen-bond donors (Lipinski definition) is 0. The van der Waals surface area contributed by atoms with Crippen molar-refractivity contribution in [2.45, 2.75) is 26.7 Å². The molecule has 0 atom stereocenters. The largest absolute Gasteiger partial charge is 0.212 e. The zero-order valence-corrected chi connectivity index (χ0v) is 10.2. The van der Waals surface area contributed by atoms with Gasteiger partial charge in [-0.2, -0.15) is 0 Å². The molecule has 0 aliphatic rings. The number of benzene rings is 1. The van der Waals surface area contributed by atoms with Crippen molar-refractivity contribution in [3.05, 3.63) is 34.9 Å². The van der Waals surface area contributed by atoms with E-state index in [0.29, 0.717) is 12.0 Å². The molecule has 0 heterocycles. The normalized spacial score (nSPS) is 11.2. The van der Waals surface area contributed by atoms with Crippen molar-refractivity contribution < 1.29 is 13.3 Å². The van der Waals surface area contributed by atoms with Gasteiger partial charge in [0.1, 0.15) is 5.69 Å². The Morgan fingerprint density at radius 2 is 1.94 bits per heavy atom. The van der Waals surface area contributed by atoms with Gasteiger partial charge < -0.3 is 0 Å². The Bertz CT molecular complexity index is 425. The molecule has 1 aromatic rings. The molecule has 1 rings (SSSR count). The highest BCUT2D eigenvalue weighted by Crippen LogP contribution is 2.29. The summed E-state index contributed by atoms with van der Waals surface area (Å²) < 4.78 is 40.4. The third-order valence-corrected chi connectivity index (χ3v) is 2.50. The van der Waals surface area contributed by atoms with Crippen LogP contribution in [-0.4, -0.2) is 7.05 Å². The van der Waals surface area contributed by atoms with Gasteiger partial charge in [-0.05, 0) is 25.0 Å². The van der Waals surface area contributed by atoms with Crippen molar-refractivity contribution in [1.82, 2.24) is 0 Å². The molecule has 0 unspecified atom stereocenters. The molecule has 0 saturated carbocycles. The van der Waals surface area contributed by atoms with Crippen LogP contribution in [0.1, 0.15) is 31.4 Å². The van der Waals surface area contributed by atoms with Crippen molar-refractivity contribution >= 4 is 11.8 Å². The molecule has 0 bridgehead atoms. The smallest absolute Gasteiger partial charge is 0.185 e. The molecule has 0 saturated heterocycles. The molecule has 1 nitrogen and oxygen atoms in total. The number of hydrogen-bond acceptors (Lipinski definition) is 1. The van der Waals surface area contributed by atoms with Gasteiger partial charge in [0.2, 0.25) is 0 Å². The second-order valence-corrected chi connectivity index (χ2v) is 3.82. The van der Waals surface area contributed by atoms with E-state index in [4.69, 9.17) is 0 Å². The number of anilines is 1. The minimum Gasteiger partial charge on any atom is -0.212 e. The van der Waals surface area contributed by atoms with Crippen molar-refractivity contribution in [2.75, 3.05) is 12.2 Å². The molecule has 17 heavy (non-hydrogen) atoms. The second-order valence-electron chi connectivity index (χ2n) is 3.82. The predicted molar refractivity (Wildman–Crippen MR) is 64.6 cm³/mol. The average Bonchev–Trinajstić information content (AvgIpc) is 2.28. The first-order valence-electron chi connectivity index (χ1n) is 5.56. The Morgan fingerprint density at radius 1 is 1.29 bits per heavy atom. The lowest BCUT2D eigenvalue weighted by atomic mass is 10.0. The van der Waals surface area contributed by atoms with Crippen molar-refractivity contribution in [2.24, 2.45) is 0 Å². The number of halogens is 3. The second kappa shape index (κ2) is 5.75.